The number of para-hydroxylation sites is 1. The van der Waals surface area contributed by atoms with Crippen LogP contribution in [0.3, 0.4) is 0 Å². The van der Waals surface area contributed by atoms with Gasteiger partial charge < -0.3 is 9.84 Å². The van der Waals surface area contributed by atoms with Crippen LogP contribution in [0.4, 0.5) is 0 Å². The van der Waals surface area contributed by atoms with Crippen LogP contribution in [0.25, 0.3) is 0 Å². The first-order valence-electron chi connectivity index (χ1n) is 4.53. The van der Waals surface area contributed by atoms with Gasteiger partial charge in [0.05, 0.1) is 19.1 Å². The normalized spacial score (nSPS) is 9.67. The third-order valence-corrected chi connectivity index (χ3v) is 1.97. The largest absolute Gasteiger partial charge is 0.496 e. The van der Waals surface area contributed by atoms with Crippen molar-refractivity contribution in [2.24, 2.45) is 0 Å². The number of hydrogen-bond donors (Lipinski definition) is 1. The van der Waals surface area contributed by atoms with Gasteiger partial charge in [0, 0.05) is 6.42 Å². The van der Waals surface area contributed by atoms with Gasteiger partial charge in [0.25, 0.3) is 0 Å². The van der Waals surface area contributed by atoms with Gasteiger partial charge >= 0.3 is 5.97 Å². The zero-order chi connectivity index (χ0) is 11.3. The van der Waals surface area contributed by atoms with E-state index in [0.717, 1.165) is 0 Å². The summed E-state index contributed by atoms with van der Waals surface area (Å²) in [6.45, 7) is 0. The van der Waals surface area contributed by atoms with E-state index in [9.17, 15) is 9.59 Å². The minimum atomic E-state index is -0.974. The molecule has 0 aliphatic rings. The summed E-state index contributed by atoms with van der Waals surface area (Å²) in [6.07, 6.45) is -0.160. The first kappa shape index (κ1) is 11.2. The molecule has 0 aliphatic heterocycles. The van der Waals surface area contributed by atoms with Crippen LogP contribution in [-0.4, -0.2) is 24.0 Å². The summed E-state index contributed by atoms with van der Waals surface area (Å²) >= 11 is 0. The fraction of sp³-hybridized carbons (Fsp3) is 0.273. The summed E-state index contributed by atoms with van der Waals surface area (Å²) in [5, 5.41) is 8.45. The Labute approximate surface area is 87.5 Å². The number of ether oxygens (including phenoxy) is 1. The van der Waals surface area contributed by atoms with Gasteiger partial charge in [0.15, 0.2) is 5.78 Å². The molecule has 0 amide bonds. The number of rotatable bonds is 5. The average molecular weight is 208 g/mol. The molecule has 0 spiro atoms. The number of carboxylic acid groups (broad SMARTS) is 1. The van der Waals surface area contributed by atoms with Crippen molar-refractivity contribution in [3.8, 4) is 5.75 Å². The van der Waals surface area contributed by atoms with Gasteiger partial charge in [0.1, 0.15) is 5.75 Å². The summed E-state index contributed by atoms with van der Waals surface area (Å²) in [7, 11) is 1.48. The van der Waals surface area contributed by atoms with Gasteiger partial charge in [0.2, 0.25) is 0 Å². The van der Waals surface area contributed by atoms with E-state index < -0.39 is 5.97 Å². The van der Waals surface area contributed by atoms with Crippen LogP contribution in [0.2, 0.25) is 0 Å². The number of aliphatic carboxylic acids is 1. The number of carbonyl (C=O) groups excluding carboxylic acids is 1. The van der Waals surface area contributed by atoms with Gasteiger partial charge in [-0.2, -0.15) is 0 Å². The van der Waals surface area contributed by atoms with Crippen molar-refractivity contribution in [3.05, 3.63) is 29.8 Å². The van der Waals surface area contributed by atoms with E-state index >= 15 is 0 Å². The van der Waals surface area contributed by atoms with E-state index in [2.05, 4.69) is 0 Å². The second kappa shape index (κ2) is 5.14. The highest BCUT2D eigenvalue weighted by molar-refractivity contribution is 5.99. The van der Waals surface area contributed by atoms with Crippen LogP contribution in [0.5, 0.6) is 5.75 Å². The fourth-order valence-electron chi connectivity index (χ4n) is 1.23. The maximum Gasteiger partial charge on any atom is 0.303 e. The number of hydrogen-bond acceptors (Lipinski definition) is 3. The Balaban J connectivity index is 2.77. The molecule has 0 fully saturated rings. The number of benzene rings is 1. The Kier molecular flexibility index (Phi) is 3.85. The van der Waals surface area contributed by atoms with Gasteiger partial charge in [-0.3, -0.25) is 9.59 Å². The first-order chi connectivity index (χ1) is 7.15. The number of methoxy groups -OCH3 is 1. The molecule has 0 saturated carbocycles. The number of ketones is 1. The van der Waals surface area contributed by atoms with Gasteiger partial charge in [-0.15, -0.1) is 0 Å². The highest BCUT2D eigenvalue weighted by Crippen LogP contribution is 2.19. The maximum absolute atomic E-state index is 11.6. The average Bonchev–Trinajstić information content (AvgIpc) is 2.25. The third kappa shape index (κ3) is 3.09. The van der Waals surface area contributed by atoms with Crippen molar-refractivity contribution < 1.29 is 19.4 Å². The Bertz CT molecular complexity index is 371. The molecule has 0 heterocycles. The van der Waals surface area contributed by atoms with Crippen molar-refractivity contribution >= 4 is 11.8 Å². The number of Topliss-reactive ketones (excluding diaryl/α,β-unsaturated/α-hetero) is 1. The van der Waals surface area contributed by atoms with Gasteiger partial charge in [-0.25, -0.2) is 0 Å². The molecule has 80 valence electrons. The minimum Gasteiger partial charge on any atom is -0.496 e. The molecule has 0 aliphatic carbocycles. The van der Waals surface area contributed by atoms with Crippen LogP contribution in [0, 0.1) is 0 Å². The Morgan fingerprint density at radius 2 is 1.93 bits per heavy atom. The van der Waals surface area contributed by atoms with Crippen molar-refractivity contribution in [2.45, 2.75) is 12.8 Å². The van der Waals surface area contributed by atoms with Crippen molar-refractivity contribution in [2.75, 3.05) is 7.11 Å². The second-order valence-corrected chi connectivity index (χ2v) is 3.02. The quantitative estimate of drug-likeness (QED) is 0.748. The van der Waals surface area contributed by atoms with E-state index in [1.54, 1.807) is 24.3 Å². The smallest absolute Gasteiger partial charge is 0.303 e. The third-order valence-electron chi connectivity index (χ3n) is 1.97. The Hall–Kier alpha value is -1.84. The maximum atomic E-state index is 11.6. The predicted molar refractivity (Wildman–Crippen MR) is 54.2 cm³/mol. The molecule has 4 nitrogen and oxygen atoms in total. The molecule has 1 rings (SSSR count). The van der Waals surface area contributed by atoms with Crippen LogP contribution < -0.4 is 4.74 Å². The van der Waals surface area contributed by atoms with Crippen LogP contribution >= 0.6 is 0 Å². The molecule has 1 N–H and O–H groups in total. The van der Waals surface area contributed by atoms with Crippen LogP contribution in [-0.2, 0) is 4.79 Å². The van der Waals surface area contributed by atoms with Crippen molar-refractivity contribution in [3.63, 3.8) is 0 Å². The lowest BCUT2D eigenvalue weighted by Crippen LogP contribution is -2.05. The van der Waals surface area contributed by atoms with Gasteiger partial charge in [-0.05, 0) is 12.1 Å². The zero-order valence-corrected chi connectivity index (χ0v) is 8.40. The topological polar surface area (TPSA) is 63.6 Å². The standard InChI is InChI=1S/C11H12O4/c1-15-10-5-3-2-4-8(10)9(12)6-7-11(13)14/h2-5H,6-7H2,1H3,(H,13,14). The molecule has 1 aromatic rings. The minimum absolute atomic E-state index is 0.00426. The first-order valence-corrected chi connectivity index (χ1v) is 4.53. The van der Waals surface area contributed by atoms with Crippen molar-refractivity contribution in [1.29, 1.82) is 0 Å². The fourth-order valence-corrected chi connectivity index (χ4v) is 1.23. The van der Waals surface area contributed by atoms with E-state index in [1.807, 2.05) is 0 Å². The molecule has 4 heteroatoms. The monoisotopic (exact) mass is 208 g/mol. The Morgan fingerprint density at radius 3 is 2.53 bits per heavy atom. The number of carboxylic acids is 1. The predicted octanol–water partition coefficient (Wildman–Crippen LogP) is 1.74. The molecule has 0 unspecified atom stereocenters. The summed E-state index contributed by atoms with van der Waals surface area (Å²) in [5.74, 6) is -0.707. The van der Waals surface area contributed by atoms with E-state index in [-0.39, 0.29) is 18.6 Å². The lowest BCUT2D eigenvalue weighted by atomic mass is 10.1. The lowest BCUT2D eigenvalue weighted by Gasteiger charge is -2.05. The summed E-state index contributed by atoms with van der Waals surface area (Å²) < 4.78 is 5.01. The SMILES string of the molecule is COc1ccccc1C(=O)CCC(=O)O. The molecule has 0 atom stereocenters. The van der Waals surface area contributed by atoms with Crippen LogP contribution in [0.15, 0.2) is 24.3 Å². The molecule has 1 aromatic carbocycles. The Morgan fingerprint density at radius 1 is 1.27 bits per heavy atom. The van der Waals surface area contributed by atoms with E-state index in [0.29, 0.717) is 11.3 Å². The molecular weight excluding hydrogens is 196 g/mol. The zero-order valence-electron chi connectivity index (χ0n) is 8.40. The molecule has 0 radical (unpaired) electrons. The summed E-state index contributed by atoms with van der Waals surface area (Å²) in [4.78, 5) is 21.9. The van der Waals surface area contributed by atoms with Crippen LogP contribution in [0.1, 0.15) is 23.2 Å². The molecule has 0 aromatic heterocycles. The highest BCUT2D eigenvalue weighted by Gasteiger charge is 2.12. The second-order valence-electron chi connectivity index (χ2n) is 3.02. The number of carbonyl (C=O) groups is 2. The molecule has 15 heavy (non-hydrogen) atoms. The van der Waals surface area contributed by atoms with Gasteiger partial charge in [-0.1, -0.05) is 12.1 Å². The highest BCUT2D eigenvalue weighted by atomic mass is 16.5. The molecule has 0 saturated heterocycles. The summed E-state index contributed by atoms with van der Waals surface area (Å²) in [5.41, 5.74) is 0.432. The molecular formula is C11H12O4. The van der Waals surface area contributed by atoms with Crippen molar-refractivity contribution in [1.82, 2.24) is 0 Å². The summed E-state index contributed by atoms with van der Waals surface area (Å²) in [6, 6.07) is 6.78. The molecule has 0 bridgehead atoms. The van der Waals surface area contributed by atoms with E-state index in [1.165, 1.54) is 7.11 Å². The van der Waals surface area contributed by atoms with E-state index in [4.69, 9.17) is 9.84 Å². The lowest BCUT2D eigenvalue weighted by molar-refractivity contribution is -0.136.